The molecule has 0 spiro atoms. The molecule has 0 saturated heterocycles. The lowest BCUT2D eigenvalue weighted by Gasteiger charge is -2.04. The first kappa shape index (κ1) is 14.7. The maximum Gasteiger partial charge on any atom is 0.226 e. The summed E-state index contributed by atoms with van der Waals surface area (Å²) in [4.78, 5) is 20.1. The summed E-state index contributed by atoms with van der Waals surface area (Å²) in [7, 11) is 0. The first-order chi connectivity index (χ1) is 9.65. The van der Waals surface area contributed by atoms with Crippen LogP contribution in [0.1, 0.15) is 30.1 Å². The smallest absolute Gasteiger partial charge is 0.226 e. The van der Waals surface area contributed by atoms with Gasteiger partial charge in [-0.25, -0.2) is 9.97 Å². The number of amides is 1. The third-order valence-corrected chi connectivity index (χ3v) is 3.87. The largest absolute Gasteiger partial charge is 0.356 e. The van der Waals surface area contributed by atoms with Crippen molar-refractivity contribution in [3.8, 4) is 0 Å². The molecule has 108 valence electrons. The van der Waals surface area contributed by atoms with Crippen LogP contribution in [0.15, 0.2) is 24.1 Å². The van der Waals surface area contributed by atoms with E-state index < -0.39 is 0 Å². The van der Waals surface area contributed by atoms with E-state index in [4.69, 9.17) is 5.73 Å². The lowest BCUT2D eigenvalue weighted by atomic mass is 10.3. The molecular formula is C13H19N5OS. The Bertz CT molecular complexity index is 535. The molecule has 0 aromatic carbocycles. The molecule has 6 nitrogen and oxygen atoms in total. The molecule has 0 aliphatic carbocycles. The van der Waals surface area contributed by atoms with Crippen LogP contribution in [0.4, 0.5) is 0 Å². The lowest BCUT2D eigenvalue weighted by Crippen LogP contribution is -2.26. The van der Waals surface area contributed by atoms with Crippen molar-refractivity contribution in [1.29, 1.82) is 0 Å². The van der Waals surface area contributed by atoms with Gasteiger partial charge in [0.1, 0.15) is 5.01 Å². The third-order valence-electron chi connectivity index (χ3n) is 2.78. The molecule has 1 unspecified atom stereocenters. The number of hydrogen-bond acceptors (Lipinski definition) is 5. The summed E-state index contributed by atoms with van der Waals surface area (Å²) in [5, 5.41) is 5.65. The molecule has 2 aromatic rings. The predicted molar refractivity (Wildman–Crippen MR) is 78.3 cm³/mol. The van der Waals surface area contributed by atoms with Crippen molar-refractivity contribution in [1.82, 2.24) is 19.9 Å². The van der Waals surface area contributed by atoms with Crippen molar-refractivity contribution in [2.24, 2.45) is 5.73 Å². The van der Waals surface area contributed by atoms with Crippen LogP contribution in [-0.4, -0.2) is 27.0 Å². The molecule has 3 N–H and O–H groups in total. The van der Waals surface area contributed by atoms with Crippen molar-refractivity contribution in [3.63, 3.8) is 0 Å². The minimum absolute atomic E-state index is 0.00263. The summed E-state index contributed by atoms with van der Waals surface area (Å²) in [5.74, 6) is -0.00263. The number of aromatic nitrogens is 3. The second-order valence-electron chi connectivity index (χ2n) is 4.65. The Balaban J connectivity index is 1.67. The second-order valence-corrected chi connectivity index (χ2v) is 5.54. The quantitative estimate of drug-likeness (QED) is 0.749. The number of carbonyl (C=O) groups is 1. The third kappa shape index (κ3) is 4.43. The van der Waals surface area contributed by atoms with Crippen LogP contribution in [0.25, 0.3) is 0 Å². The summed E-state index contributed by atoms with van der Waals surface area (Å²) in [6.45, 7) is 3.39. The SMILES string of the molecule is CC(N)c1nc(CC(=O)NCCCn2ccnc2)cs1. The first-order valence-corrected chi connectivity index (χ1v) is 7.45. The van der Waals surface area contributed by atoms with Crippen LogP contribution in [0.2, 0.25) is 0 Å². The van der Waals surface area contributed by atoms with Crippen molar-refractivity contribution < 1.29 is 4.79 Å². The predicted octanol–water partition coefficient (Wildman–Crippen LogP) is 1.11. The normalized spacial score (nSPS) is 12.3. The van der Waals surface area contributed by atoms with Gasteiger partial charge in [0.2, 0.25) is 5.91 Å². The highest BCUT2D eigenvalue weighted by Gasteiger charge is 2.09. The molecule has 0 aliphatic rings. The van der Waals surface area contributed by atoms with Crippen molar-refractivity contribution in [2.75, 3.05) is 6.54 Å². The molecule has 2 rings (SSSR count). The van der Waals surface area contributed by atoms with E-state index in [1.807, 2.05) is 23.1 Å². The van der Waals surface area contributed by atoms with Crippen LogP contribution in [0.3, 0.4) is 0 Å². The highest BCUT2D eigenvalue weighted by Crippen LogP contribution is 2.15. The van der Waals surface area contributed by atoms with Gasteiger partial charge in [-0.1, -0.05) is 0 Å². The van der Waals surface area contributed by atoms with Crippen molar-refractivity contribution in [2.45, 2.75) is 32.4 Å². The van der Waals surface area contributed by atoms with Gasteiger partial charge in [0.25, 0.3) is 0 Å². The van der Waals surface area contributed by atoms with Gasteiger partial charge in [0, 0.05) is 30.9 Å². The molecule has 0 saturated carbocycles. The van der Waals surface area contributed by atoms with Crippen LogP contribution >= 0.6 is 11.3 Å². The number of nitrogens with two attached hydrogens (primary N) is 1. The lowest BCUT2D eigenvalue weighted by molar-refractivity contribution is -0.120. The summed E-state index contributed by atoms with van der Waals surface area (Å²) in [6.07, 6.45) is 6.62. The van der Waals surface area contributed by atoms with E-state index in [1.54, 1.807) is 12.5 Å². The van der Waals surface area contributed by atoms with Gasteiger partial charge in [-0.3, -0.25) is 4.79 Å². The Hall–Kier alpha value is -1.73. The molecule has 0 bridgehead atoms. The fourth-order valence-corrected chi connectivity index (χ4v) is 2.53. The van der Waals surface area contributed by atoms with Crippen LogP contribution < -0.4 is 11.1 Å². The first-order valence-electron chi connectivity index (χ1n) is 6.57. The molecule has 1 atom stereocenters. The second kappa shape index (κ2) is 7.16. The van der Waals surface area contributed by atoms with E-state index in [-0.39, 0.29) is 11.9 Å². The molecule has 0 radical (unpaired) electrons. The van der Waals surface area contributed by atoms with E-state index in [1.165, 1.54) is 11.3 Å². The Morgan fingerprint density at radius 2 is 2.45 bits per heavy atom. The van der Waals surface area contributed by atoms with Crippen molar-refractivity contribution >= 4 is 17.2 Å². The molecule has 0 fully saturated rings. The average molecular weight is 293 g/mol. The molecule has 0 aliphatic heterocycles. The van der Waals surface area contributed by atoms with Gasteiger partial charge in [-0.2, -0.15) is 0 Å². The van der Waals surface area contributed by atoms with Crippen LogP contribution in [0.5, 0.6) is 0 Å². The number of imidazole rings is 1. The molecule has 2 aromatic heterocycles. The average Bonchev–Trinajstić information content (AvgIpc) is 3.05. The Morgan fingerprint density at radius 3 is 3.10 bits per heavy atom. The number of nitrogens with zero attached hydrogens (tertiary/aromatic N) is 3. The maximum absolute atomic E-state index is 11.8. The Labute approximate surface area is 122 Å². The van der Waals surface area contributed by atoms with E-state index in [0.29, 0.717) is 13.0 Å². The molecule has 1 amide bonds. The fraction of sp³-hybridized carbons (Fsp3) is 0.462. The summed E-state index contributed by atoms with van der Waals surface area (Å²) >= 11 is 1.50. The van der Waals surface area contributed by atoms with E-state index in [2.05, 4.69) is 15.3 Å². The van der Waals surface area contributed by atoms with Crippen molar-refractivity contribution in [3.05, 3.63) is 34.8 Å². The minimum Gasteiger partial charge on any atom is -0.356 e. The number of nitrogens with one attached hydrogen (secondary N) is 1. The zero-order chi connectivity index (χ0) is 14.4. The zero-order valence-electron chi connectivity index (χ0n) is 11.5. The minimum atomic E-state index is -0.0769. The molecule has 7 heteroatoms. The summed E-state index contributed by atoms with van der Waals surface area (Å²) in [6, 6.07) is -0.0769. The van der Waals surface area contributed by atoms with Gasteiger partial charge in [-0.05, 0) is 13.3 Å². The van der Waals surface area contributed by atoms with Gasteiger partial charge < -0.3 is 15.6 Å². The Morgan fingerprint density at radius 1 is 1.60 bits per heavy atom. The van der Waals surface area contributed by atoms with Gasteiger partial charge in [0.15, 0.2) is 0 Å². The monoisotopic (exact) mass is 293 g/mol. The number of hydrogen-bond donors (Lipinski definition) is 2. The van der Waals surface area contributed by atoms with Gasteiger partial charge in [-0.15, -0.1) is 11.3 Å². The highest BCUT2D eigenvalue weighted by molar-refractivity contribution is 7.09. The topological polar surface area (TPSA) is 85.8 Å². The van der Waals surface area contributed by atoms with Gasteiger partial charge in [0.05, 0.1) is 24.5 Å². The number of rotatable bonds is 7. The van der Waals surface area contributed by atoms with E-state index >= 15 is 0 Å². The van der Waals surface area contributed by atoms with E-state index in [9.17, 15) is 4.79 Å². The molecule has 20 heavy (non-hydrogen) atoms. The summed E-state index contributed by atoms with van der Waals surface area (Å²) < 4.78 is 1.99. The highest BCUT2D eigenvalue weighted by atomic mass is 32.1. The standard InChI is InChI=1S/C13H19N5OS/c1-10(14)13-17-11(8-20-13)7-12(19)16-3-2-5-18-6-4-15-9-18/h4,6,8-10H,2-3,5,7,14H2,1H3,(H,16,19). The Kier molecular flexibility index (Phi) is 5.25. The number of aryl methyl sites for hydroxylation is 1. The molecule has 2 heterocycles. The fourth-order valence-electron chi connectivity index (χ4n) is 1.75. The zero-order valence-corrected chi connectivity index (χ0v) is 12.3. The summed E-state index contributed by atoms with van der Waals surface area (Å²) in [5.41, 5.74) is 6.53. The van der Waals surface area contributed by atoms with Gasteiger partial charge >= 0.3 is 0 Å². The van der Waals surface area contributed by atoms with Crippen LogP contribution in [-0.2, 0) is 17.8 Å². The maximum atomic E-state index is 11.8. The number of thiazole rings is 1. The molecular weight excluding hydrogens is 274 g/mol. The van der Waals surface area contributed by atoms with Crippen LogP contribution in [0, 0.1) is 0 Å². The van der Waals surface area contributed by atoms with E-state index in [0.717, 1.165) is 23.7 Å². The number of carbonyl (C=O) groups excluding carboxylic acids is 1.